The number of carbonyl (C=O) groups excluding carboxylic acids is 2. The van der Waals surface area contributed by atoms with Gasteiger partial charge in [0.25, 0.3) is 0 Å². The molecule has 0 aromatic heterocycles. The summed E-state index contributed by atoms with van der Waals surface area (Å²) in [6.07, 6.45) is 1.67. The van der Waals surface area contributed by atoms with Gasteiger partial charge in [-0.25, -0.2) is 10.2 Å². The van der Waals surface area contributed by atoms with Crippen LogP contribution in [0.4, 0.5) is 10.5 Å². The lowest BCUT2D eigenvalue weighted by Gasteiger charge is -2.20. The molecule has 0 saturated carbocycles. The molecular formula is C12H15N3O2. The Kier molecular flexibility index (Phi) is 3.27. The average Bonchev–Trinajstić information content (AvgIpc) is 2.72. The van der Waals surface area contributed by atoms with Gasteiger partial charge in [0.05, 0.1) is 5.69 Å². The smallest absolute Gasteiger partial charge is 0.333 e. The third-order valence-electron chi connectivity index (χ3n) is 2.71. The van der Waals surface area contributed by atoms with Crippen molar-refractivity contribution in [2.75, 3.05) is 18.1 Å². The number of carbonyl (C=O) groups is 2. The molecule has 0 bridgehead atoms. The van der Waals surface area contributed by atoms with E-state index < -0.39 is 0 Å². The minimum atomic E-state index is -0.209. The maximum Gasteiger partial charge on any atom is 0.333 e. The van der Waals surface area contributed by atoms with Crippen LogP contribution in [0.25, 0.3) is 0 Å². The summed E-state index contributed by atoms with van der Waals surface area (Å²) in [5, 5.41) is 4.48. The highest BCUT2D eigenvalue weighted by atomic mass is 16.2. The highest BCUT2D eigenvalue weighted by molar-refractivity contribution is 5.80. The number of fused-ring (bicyclic) bond motifs is 1. The van der Waals surface area contributed by atoms with Crippen molar-refractivity contribution in [1.82, 2.24) is 10.7 Å². The number of hydrogen-bond acceptors (Lipinski definition) is 3. The number of anilines is 1. The van der Waals surface area contributed by atoms with Crippen molar-refractivity contribution < 1.29 is 9.59 Å². The van der Waals surface area contributed by atoms with Crippen molar-refractivity contribution in [3.63, 3.8) is 0 Å². The average molecular weight is 233 g/mol. The minimum absolute atomic E-state index is 0.209. The number of hydrazine groups is 1. The first kappa shape index (κ1) is 11.4. The van der Waals surface area contributed by atoms with Gasteiger partial charge in [0.1, 0.15) is 6.29 Å². The zero-order chi connectivity index (χ0) is 12.3. The summed E-state index contributed by atoms with van der Waals surface area (Å²) in [4.78, 5) is 22.1. The molecule has 2 amide bonds. The lowest BCUT2D eigenvalue weighted by molar-refractivity contribution is 0.112. The normalized spacial score (nSPS) is 13.1. The number of rotatable bonds is 3. The number of nitrogens with zero attached hydrogens (tertiary/aromatic N) is 1. The number of benzene rings is 1. The summed E-state index contributed by atoms with van der Waals surface area (Å²) in [6.45, 7) is 3.19. The Labute approximate surface area is 99.8 Å². The highest BCUT2D eigenvalue weighted by Crippen LogP contribution is 2.26. The minimum Gasteiger partial charge on any atom is -0.337 e. The van der Waals surface area contributed by atoms with Gasteiger partial charge in [-0.15, -0.1) is 0 Å². The number of urea groups is 1. The van der Waals surface area contributed by atoms with E-state index in [2.05, 4.69) is 10.7 Å². The number of amides is 2. The van der Waals surface area contributed by atoms with Crippen LogP contribution in [-0.2, 0) is 6.42 Å². The van der Waals surface area contributed by atoms with Gasteiger partial charge < -0.3 is 5.32 Å². The zero-order valence-electron chi connectivity index (χ0n) is 9.69. The molecule has 0 spiro atoms. The summed E-state index contributed by atoms with van der Waals surface area (Å²) >= 11 is 0. The van der Waals surface area contributed by atoms with Gasteiger partial charge in [0, 0.05) is 18.7 Å². The third-order valence-corrected chi connectivity index (χ3v) is 2.71. The summed E-state index contributed by atoms with van der Waals surface area (Å²) < 4.78 is 0. The zero-order valence-corrected chi connectivity index (χ0v) is 9.69. The molecule has 1 aliphatic heterocycles. The Bertz CT molecular complexity index is 445. The molecule has 0 aliphatic carbocycles. The first-order valence-electron chi connectivity index (χ1n) is 5.64. The molecule has 0 fully saturated rings. The number of aldehydes is 1. The molecule has 5 heteroatoms. The van der Waals surface area contributed by atoms with Crippen LogP contribution in [0, 0.1) is 0 Å². The first-order chi connectivity index (χ1) is 8.24. The van der Waals surface area contributed by atoms with E-state index in [9.17, 15) is 9.59 Å². The van der Waals surface area contributed by atoms with E-state index in [1.165, 1.54) is 0 Å². The molecule has 2 N–H and O–H groups in total. The molecule has 5 nitrogen and oxygen atoms in total. The van der Waals surface area contributed by atoms with Gasteiger partial charge >= 0.3 is 6.03 Å². The maximum absolute atomic E-state index is 11.4. The Morgan fingerprint density at radius 3 is 3.06 bits per heavy atom. The SMILES string of the molecule is CCNC(=O)NN1CCc2cc(C=O)ccc21. The Morgan fingerprint density at radius 1 is 1.53 bits per heavy atom. The fourth-order valence-corrected chi connectivity index (χ4v) is 1.93. The first-order valence-corrected chi connectivity index (χ1v) is 5.64. The third kappa shape index (κ3) is 2.38. The Balaban J connectivity index is 2.11. The van der Waals surface area contributed by atoms with E-state index in [0.29, 0.717) is 12.1 Å². The molecule has 1 aliphatic rings. The predicted molar refractivity (Wildman–Crippen MR) is 65.1 cm³/mol. The van der Waals surface area contributed by atoms with E-state index in [-0.39, 0.29) is 6.03 Å². The maximum atomic E-state index is 11.4. The van der Waals surface area contributed by atoms with E-state index in [1.807, 2.05) is 19.1 Å². The molecule has 2 rings (SSSR count). The topological polar surface area (TPSA) is 61.4 Å². The molecule has 1 aromatic carbocycles. The van der Waals surface area contributed by atoms with Gasteiger partial charge in [-0.3, -0.25) is 9.80 Å². The van der Waals surface area contributed by atoms with Crippen molar-refractivity contribution in [1.29, 1.82) is 0 Å². The highest BCUT2D eigenvalue weighted by Gasteiger charge is 2.20. The van der Waals surface area contributed by atoms with Crippen molar-refractivity contribution >= 4 is 18.0 Å². The lowest BCUT2D eigenvalue weighted by atomic mass is 10.1. The van der Waals surface area contributed by atoms with Gasteiger partial charge in [0.2, 0.25) is 0 Å². The molecule has 90 valence electrons. The van der Waals surface area contributed by atoms with Crippen LogP contribution >= 0.6 is 0 Å². The largest absolute Gasteiger partial charge is 0.337 e. The van der Waals surface area contributed by atoms with Crippen molar-refractivity contribution in [2.45, 2.75) is 13.3 Å². The van der Waals surface area contributed by atoms with E-state index in [4.69, 9.17) is 0 Å². The van der Waals surface area contributed by atoms with Gasteiger partial charge in [-0.1, -0.05) is 0 Å². The van der Waals surface area contributed by atoms with Gasteiger partial charge in [-0.05, 0) is 37.1 Å². The van der Waals surface area contributed by atoms with Crippen LogP contribution in [0.1, 0.15) is 22.8 Å². The van der Waals surface area contributed by atoms with Crippen LogP contribution < -0.4 is 15.8 Å². The van der Waals surface area contributed by atoms with E-state index >= 15 is 0 Å². The number of hydrogen-bond donors (Lipinski definition) is 2. The lowest BCUT2D eigenvalue weighted by Crippen LogP contribution is -2.46. The molecule has 0 atom stereocenters. The molecule has 0 unspecified atom stereocenters. The van der Waals surface area contributed by atoms with Crippen molar-refractivity contribution in [3.8, 4) is 0 Å². The van der Waals surface area contributed by atoms with Crippen LogP contribution in [0.3, 0.4) is 0 Å². The fraction of sp³-hybridized carbons (Fsp3) is 0.333. The predicted octanol–water partition coefficient (Wildman–Crippen LogP) is 1.10. The molecule has 0 saturated heterocycles. The van der Waals surface area contributed by atoms with E-state index in [1.54, 1.807) is 11.1 Å². The number of nitrogens with one attached hydrogen (secondary N) is 2. The van der Waals surface area contributed by atoms with Gasteiger partial charge in [-0.2, -0.15) is 0 Å². The molecule has 1 heterocycles. The van der Waals surface area contributed by atoms with Gasteiger partial charge in [0.15, 0.2) is 0 Å². The van der Waals surface area contributed by atoms with Crippen LogP contribution in [-0.4, -0.2) is 25.4 Å². The Hall–Kier alpha value is -2.04. The van der Waals surface area contributed by atoms with Crippen LogP contribution in [0.15, 0.2) is 18.2 Å². The standard InChI is InChI=1S/C12H15N3O2/c1-2-13-12(17)14-15-6-5-10-7-9(8-16)3-4-11(10)15/h3-4,7-8H,2,5-6H2,1H3,(H2,13,14,17). The summed E-state index contributed by atoms with van der Waals surface area (Å²) in [6, 6.07) is 5.27. The summed E-state index contributed by atoms with van der Waals surface area (Å²) in [5.74, 6) is 0. The summed E-state index contributed by atoms with van der Waals surface area (Å²) in [5.41, 5.74) is 5.49. The van der Waals surface area contributed by atoms with Crippen molar-refractivity contribution in [2.24, 2.45) is 0 Å². The van der Waals surface area contributed by atoms with E-state index in [0.717, 1.165) is 30.5 Å². The second kappa shape index (κ2) is 4.86. The molecule has 1 aromatic rings. The Morgan fingerprint density at radius 2 is 2.35 bits per heavy atom. The fourth-order valence-electron chi connectivity index (χ4n) is 1.93. The van der Waals surface area contributed by atoms with Crippen LogP contribution in [0.2, 0.25) is 0 Å². The van der Waals surface area contributed by atoms with Crippen LogP contribution in [0.5, 0.6) is 0 Å². The monoisotopic (exact) mass is 233 g/mol. The summed E-state index contributed by atoms with van der Waals surface area (Å²) in [7, 11) is 0. The molecular weight excluding hydrogens is 218 g/mol. The van der Waals surface area contributed by atoms with Crippen molar-refractivity contribution in [3.05, 3.63) is 29.3 Å². The second-order valence-corrected chi connectivity index (χ2v) is 3.88. The quantitative estimate of drug-likeness (QED) is 0.768. The second-order valence-electron chi connectivity index (χ2n) is 3.88. The molecule has 0 radical (unpaired) electrons. The molecule has 17 heavy (non-hydrogen) atoms.